The molecule has 0 unspecified atom stereocenters. The van der Waals surface area contributed by atoms with Crippen molar-refractivity contribution in [3.8, 4) is 11.5 Å². The maximum Gasteiger partial charge on any atom is 0.256 e. The molecule has 24 heavy (non-hydrogen) atoms. The first-order chi connectivity index (χ1) is 11.5. The van der Waals surface area contributed by atoms with Crippen LogP contribution in [0.3, 0.4) is 0 Å². The van der Waals surface area contributed by atoms with Crippen molar-refractivity contribution in [2.45, 2.75) is 24.7 Å². The van der Waals surface area contributed by atoms with Gasteiger partial charge in [-0.1, -0.05) is 11.8 Å². The van der Waals surface area contributed by atoms with Gasteiger partial charge in [-0.3, -0.25) is 9.69 Å². The fourth-order valence-corrected chi connectivity index (χ4v) is 3.22. The van der Waals surface area contributed by atoms with Gasteiger partial charge in [-0.2, -0.15) is 0 Å². The summed E-state index contributed by atoms with van der Waals surface area (Å²) in [6.45, 7) is 1.63. The number of hydrogen-bond donors (Lipinski definition) is 2. The van der Waals surface area contributed by atoms with Crippen LogP contribution >= 0.6 is 11.8 Å². The molecule has 0 fully saturated rings. The van der Waals surface area contributed by atoms with E-state index in [-0.39, 0.29) is 11.3 Å². The van der Waals surface area contributed by atoms with E-state index in [1.165, 1.54) is 24.9 Å². The summed E-state index contributed by atoms with van der Waals surface area (Å²) in [6.07, 6.45) is 2.54. The number of H-pyrrole nitrogens is 1. The van der Waals surface area contributed by atoms with Crippen LogP contribution in [0, 0.1) is 5.82 Å². The van der Waals surface area contributed by atoms with Gasteiger partial charge in [-0.25, -0.2) is 9.37 Å². The third-order valence-electron chi connectivity index (χ3n) is 4.03. The Morgan fingerprint density at radius 3 is 3.00 bits per heavy atom. The number of rotatable bonds is 4. The molecule has 0 spiro atoms. The molecule has 2 heterocycles. The van der Waals surface area contributed by atoms with Crippen LogP contribution in [0.5, 0.6) is 11.5 Å². The van der Waals surface area contributed by atoms with Gasteiger partial charge >= 0.3 is 0 Å². The zero-order valence-electron chi connectivity index (χ0n) is 13.4. The number of methoxy groups -OCH3 is 1. The lowest BCUT2D eigenvalue weighted by Gasteiger charge is -2.27. The molecule has 8 heteroatoms. The van der Waals surface area contributed by atoms with Gasteiger partial charge in [0.25, 0.3) is 5.56 Å². The second-order valence-corrected chi connectivity index (χ2v) is 6.38. The zero-order chi connectivity index (χ0) is 17.3. The van der Waals surface area contributed by atoms with Crippen molar-refractivity contribution in [3.63, 3.8) is 0 Å². The smallest absolute Gasteiger partial charge is 0.256 e. The molecule has 0 aliphatic carbocycles. The minimum Gasteiger partial charge on any atom is -0.502 e. The molecule has 0 saturated carbocycles. The second kappa shape index (κ2) is 6.82. The third-order valence-corrected chi connectivity index (χ3v) is 4.61. The number of halogens is 1. The molecule has 128 valence electrons. The predicted octanol–water partition coefficient (Wildman–Crippen LogP) is 1.90. The van der Waals surface area contributed by atoms with Crippen molar-refractivity contribution >= 4 is 11.8 Å². The highest BCUT2D eigenvalue weighted by molar-refractivity contribution is 7.98. The number of hydrogen-bond acceptors (Lipinski definition) is 6. The summed E-state index contributed by atoms with van der Waals surface area (Å²) in [7, 11) is 1.38. The van der Waals surface area contributed by atoms with Crippen molar-refractivity contribution < 1.29 is 14.2 Å². The van der Waals surface area contributed by atoms with Crippen molar-refractivity contribution in [2.75, 3.05) is 19.9 Å². The Morgan fingerprint density at radius 1 is 1.50 bits per heavy atom. The molecule has 0 amide bonds. The maximum atomic E-state index is 13.8. The van der Waals surface area contributed by atoms with Crippen molar-refractivity contribution in [1.82, 2.24) is 14.9 Å². The fraction of sp³-hybridized carbons (Fsp3) is 0.375. The van der Waals surface area contributed by atoms with E-state index in [2.05, 4.69) is 9.97 Å². The quantitative estimate of drug-likeness (QED) is 0.647. The maximum absolute atomic E-state index is 13.8. The normalized spacial score (nSPS) is 14.5. The van der Waals surface area contributed by atoms with E-state index in [0.717, 1.165) is 12.2 Å². The minimum absolute atomic E-state index is 0.103. The molecule has 6 nitrogen and oxygen atoms in total. The second-order valence-electron chi connectivity index (χ2n) is 5.59. The summed E-state index contributed by atoms with van der Waals surface area (Å²) in [4.78, 5) is 21.5. The highest BCUT2D eigenvalue weighted by Crippen LogP contribution is 2.31. The predicted molar refractivity (Wildman–Crippen MR) is 89.1 cm³/mol. The fourth-order valence-electron chi connectivity index (χ4n) is 2.82. The third kappa shape index (κ3) is 3.25. The molecule has 1 aromatic heterocycles. The minimum atomic E-state index is -0.717. The van der Waals surface area contributed by atoms with Crippen molar-refractivity contribution in [1.29, 1.82) is 0 Å². The Labute approximate surface area is 142 Å². The number of nitrogens with one attached hydrogen (secondary N) is 1. The Bertz CT molecular complexity index is 825. The molecule has 0 radical (unpaired) electrons. The number of phenolic OH excluding ortho intramolecular Hbond substituents is 1. The molecule has 1 aliphatic heterocycles. The van der Waals surface area contributed by atoms with Gasteiger partial charge < -0.3 is 14.8 Å². The Balaban J connectivity index is 1.82. The number of thioether (sulfide) groups is 1. The Morgan fingerprint density at radius 2 is 2.29 bits per heavy atom. The molecule has 1 aromatic carbocycles. The molecule has 2 N–H and O–H groups in total. The summed E-state index contributed by atoms with van der Waals surface area (Å²) in [5, 5.41) is 10.2. The first-order valence-electron chi connectivity index (χ1n) is 7.45. The van der Waals surface area contributed by atoms with Gasteiger partial charge in [0.1, 0.15) is 0 Å². The molecule has 2 aromatic rings. The van der Waals surface area contributed by atoms with E-state index in [1.54, 1.807) is 6.07 Å². The Kier molecular flexibility index (Phi) is 4.77. The topological polar surface area (TPSA) is 78.5 Å². The highest BCUT2D eigenvalue weighted by Gasteiger charge is 2.22. The van der Waals surface area contributed by atoms with Gasteiger partial charge in [0.2, 0.25) is 0 Å². The summed E-state index contributed by atoms with van der Waals surface area (Å²) in [5.41, 5.74) is 2.04. The van der Waals surface area contributed by atoms with Gasteiger partial charge in [0.05, 0.1) is 18.4 Å². The summed E-state index contributed by atoms with van der Waals surface area (Å²) < 4.78 is 18.7. The number of aromatic hydroxyl groups is 1. The zero-order valence-corrected chi connectivity index (χ0v) is 14.2. The van der Waals surface area contributed by atoms with Crippen LogP contribution in [0.25, 0.3) is 0 Å². The van der Waals surface area contributed by atoms with Crippen LogP contribution in [-0.2, 0) is 19.5 Å². The van der Waals surface area contributed by atoms with Crippen LogP contribution in [-0.4, -0.2) is 39.9 Å². The molecule has 0 bridgehead atoms. The molecule has 0 atom stereocenters. The lowest BCUT2D eigenvalue weighted by atomic mass is 10.1. The first kappa shape index (κ1) is 16.8. The first-order valence-corrected chi connectivity index (χ1v) is 8.68. The molecule has 0 saturated heterocycles. The number of phenols is 1. The number of aromatic nitrogens is 2. The number of ether oxygens (including phenoxy) is 1. The highest BCUT2D eigenvalue weighted by atomic mass is 32.2. The number of nitrogens with zero attached hydrogens (tertiary/aromatic N) is 2. The summed E-state index contributed by atoms with van der Waals surface area (Å²) >= 11 is 1.41. The van der Waals surface area contributed by atoms with Crippen LogP contribution in [0.2, 0.25) is 0 Å². The van der Waals surface area contributed by atoms with Crippen molar-refractivity contribution in [2.24, 2.45) is 0 Å². The average molecular weight is 351 g/mol. The van der Waals surface area contributed by atoms with E-state index < -0.39 is 11.6 Å². The van der Waals surface area contributed by atoms with Crippen molar-refractivity contribution in [3.05, 3.63) is 45.1 Å². The standard InChI is InChI=1S/C16H18FN3O3S/c1-23-13-6-9(5-11(17)14(13)21)7-20-4-3-12-10(8-20)15(22)19-16(18-12)24-2/h5-6,21H,3-4,7-8H2,1-2H3,(H,18,19,22). The van der Waals surface area contributed by atoms with E-state index in [4.69, 9.17) is 4.74 Å². The molecule has 3 rings (SSSR count). The van der Waals surface area contributed by atoms with Crippen LogP contribution in [0.4, 0.5) is 4.39 Å². The van der Waals surface area contributed by atoms with E-state index in [1.807, 2.05) is 11.2 Å². The molecule has 1 aliphatic rings. The molecular formula is C16H18FN3O3S. The number of aromatic amines is 1. The number of fused-ring (bicyclic) bond motifs is 1. The van der Waals surface area contributed by atoms with Gasteiger partial charge in [-0.15, -0.1) is 0 Å². The SMILES string of the molecule is COc1cc(CN2CCc3nc(SC)[nH]c(=O)c3C2)cc(F)c1O. The lowest BCUT2D eigenvalue weighted by Crippen LogP contribution is -2.35. The van der Waals surface area contributed by atoms with Crippen LogP contribution in [0.15, 0.2) is 22.1 Å². The van der Waals surface area contributed by atoms with Gasteiger partial charge in [0.15, 0.2) is 22.5 Å². The largest absolute Gasteiger partial charge is 0.502 e. The monoisotopic (exact) mass is 351 g/mol. The van der Waals surface area contributed by atoms with Gasteiger partial charge in [0, 0.05) is 26.1 Å². The summed E-state index contributed by atoms with van der Waals surface area (Å²) in [6, 6.07) is 2.89. The van der Waals surface area contributed by atoms with Crippen LogP contribution < -0.4 is 10.3 Å². The average Bonchev–Trinajstić information content (AvgIpc) is 2.58. The van der Waals surface area contributed by atoms with E-state index >= 15 is 0 Å². The Hall–Kier alpha value is -2.06. The van der Waals surface area contributed by atoms with Crippen LogP contribution in [0.1, 0.15) is 16.8 Å². The summed E-state index contributed by atoms with van der Waals surface area (Å²) in [5.74, 6) is -1.10. The number of benzene rings is 1. The lowest BCUT2D eigenvalue weighted by molar-refractivity contribution is 0.240. The van der Waals surface area contributed by atoms with E-state index in [9.17, 15) is 14.3 Å². The van der Waals surface area contributed by atoms with E-state index in [0.29, 0.717) is 35.8 Å². The molecular weight excluding hydrogens is 333 g/mol. The van der Waals surface area contributed by atoms with Gasteiger partial charge in [-0.05, 0) is 24.0 Å².